The minimum Gasteiger partial charge on any atom is -0.397 e. The van der Waals surface area contributed by atoms with Gasteiger partial charge in [-0.25, -0.2) is 8.42 Å². The van der Waals surface area contributed by atoms with Gasteiger partial charge in [0.05, 0.1) is 29.5 Å². The lowest BCUT2D eigenvalue weighted by molar-refractivity contribution is 0.0730. The van der Waals surface area contributed by atoms with E-state index in [-0.39, 0.29) is 10.5 Å². The number of para-hydroxylation sites is 2. The van der Waals surface area contributed by atoms with Gasteiger partial charge in [0.1, 0.15) is 0 Å². The molecule has 0 aromatic heterocycles. The van der Waals surface area contributed by atoms with Crippen molar-refractivity contribution in [3.05, 3.63) is 53.6 Å². The summed E-state index contributed by atoms with van der Waals surface area (Å²) in [6, 6.07) is 11.7. The van der Waals surface area contributed by atoms with Gasteiger partial charge in [-0.15, -0.1) is 0 Å². The number of hydrogen-bond donors (Lipinski definition) is 2. The maximum Gasteiger partial charge on any atom is 0.255 e. The summed E-state index contributed by atoms with van der Waals surface area (Å²) in [4.78, 5) is 12.8. The van der Waals surface area contributed by atoms with Gasteiger partial charge < -0.3 is 15.8 Å². The van der Waals surface area contributed by atoms with E-state index in [2.05, 4.69) is 5.32 Å². The molecule has 1 aliphatic heterocycles. The summed E-state index contributed by atoms with van der Waals surface area (Å²) in [7, 11) is -3.69. The highest BCUT2D eigenvalue weighted by atomic mass is 32.2. The van der Waals surface area contributed by atoms with Crippen LogP contribution in [0, 0.1) is 0 Å². The number of amides is 1. The van der Waals surface area contributed by atoms with E-state index in [1.165, 1.54) is 10.4 Å². The number of carbonyl (C=O) groups excluding carboxylic acids is 1. The Hall–Kier alpha value is -2.42. The van der Waals surface area contributed by atoms with Crippen LogP contribution in [0.4, 0.5) is 11.4 Å². The number of ether oxygens (including phenoxy) is 1. The number of anilines is 2. The van der Waals surface area contributed by atoms with Gasteiger partial charge in [-0.3, -0.25) is 4.79 Å². The molecule has 0 atom stereocenters. The van der Waals surface area contributed by atoms with E-state index in [0.29, 0.717) is 49.7 Å². The first-order valence-corrected chi connectivity index (χ1v) is 10.2. The standard InChI is InChI=1S/C19H23N3O4S/c1-2-14-7-8-15(19(23)21-17-6-4-3-5-16(17)20)13-18(14)27(24,25)22-9-11-26-12-10-22/h3-8,13H,2,9-12,20H2,1H3,(H,21,23). The second-order valence-corrected chi connectivity index (χ2v) is 8.14. The molecule has 1 amide bonds. The van der Waals surface area contributed by atoms with Crippen LogP contribution in [0.1, 0.15) is 22.8 Å². The van der Waals surface area contributed by atoms with E-state index in [0.717, 1.165) is 0 Å². The minimum atomic E-state index is -3.69. The van der Waals surface area contributed by atoms with Gasteiger partial charge in [0.15, 0.2) is 0 Å². The number of rotatable bonds is 5. The molecule has 0 unspecified atom stereocenters. The van der Waals surface area contributed by atoms with Crippen molar-refractivity contribution < 1.29 is 17.9 Å². The lowest BCUT2D eigenvalue weighted by Crippen LogP contribution is -2.41. The second kappa shape index (κ2) is 8.08. The van der Waals surface area contributed by atoms with Crippen LogP contribution in [0.5, 0.6) is 0 Å². The number of nitrogens with one attached hydrogen (secondary N) is 1. The fourth-order valence-electron chi connectivity index (χ4n) is 2.96. The normalized spacial score (nSPS) is 15.4. The van der Waals surface area contributed by atoms with E-state index in [1.54, 1.807) is 36.4 Å². The lowest BCUT2D eigenvalue weighted by Gasteiger charge is -2.27. The lowest BCUT2D eigenvalue weighted by atomic mass is 10.1. The van der Waals surface area contributed by atoms with Crippen molar-refractivity contribution in [3.8, 4) is 0 Å². The third kappa shape index (κ3) is 4.13. The van der Waals surface area contributed by atoms with Crippen LogP contribution in [0.2, 0.25) is 0 Å². The number of benzene rings is 2. The van der Waals surface area contributed by atoms with Crippen LogP contribution in [0.25, 0.3) is 0 Å². The molecule has 0 saturated carbocycles. The number of morpholine rings is 1. The molecule has 1 aliphatic rings. The molecule has 1 saturated heterocycles. The van der Waals surface area contributed by atoms with Gasteiger partial charge in [-0.05, 0) is 36.2 Å². The van der Waals surface area contributed by atoms with E-state index < -0.39 is 15.9 Å². The predicted molar refractivity (Wildman–Crippen MR) is 104 cm³/mol. The minimum absolute atomic E-state index is 0.167. The SMILES string of the molecule is CCc1ccc(C(=O)Nc2ccccc2N)cc1S(=O)(=O)N1CCOCC1. The number of carbonyl (C=O) groups is 1. The Balaban J connectivity index is 1.93. The first kappa shape index (κ1) is 19.3. The van der Waals surface area contributed by atoms with Crippen LogP contribution in [0.3, 0.4) is 0 Å². The number of aryl methyl sites for hydroxylation is 1. The quantitative estimate of drug-likeness (QED) is 0.763. The molecule has 0 aliphatic carbocycles. The Bertz CT molecular complexity index is 938. The second-order valence-electron chi connectivity index (χ2n) is 6.23. The van der Waals surface area contributed by atoms with Crippen LogP contribution >= 0.6 is 0 Å². The molecule has 3 N–H and O–H groups in total. The molecule has 8 heteroatoms. The molecule has 144 valence electrons. The summed E-state index contributed by atoms with van der Waals surface area (Å²) in [6.07, 6.45) is 0.548. The zero-order valence-corrected chi connectivity index (χ0v) is 16.0. The molecule has 0 spiro atoms. The van der Waals surface area contributed by atoms with Crippen LogP contribution in [0.15, 0.2) is 47.4 Å². The Labute approximate surface area is 159 Å². The van der Waals surface area contributed by atoms with Crippen molar-refractivity contribution in [3.63, 3.8) is 0 Å². The zero-order chi connectivity index (χ0) is 19.4. The van der Waals surface area contributed by atoms with E-state index in [1.807, 2.05) is 6.92 Å². The first-order valence-electron chi connectivity index (χ1n) is 8.80. The molecule has 7 nitrogen and oxygen atoms in total. The van der Waals surface area contributed by atoms with Crippen molar-refractivity contribution in [2.24, 2.45) is 0 Å². The molecule has 1 heterocycles. The molecule has 27 heavy (non-hydrogen) atoms. The largest absolute Gasteiger partial charge is 0.397 e. The molecular formula is C19H23N3O4S. The average molecular weight is 389 g/mol. The number of sulfonamides is 1. The highest BCUT2D eigenvalue weighted by Gasteiger charge is 2.29. The Morgan fingerprint density at radius 1 is 1.19 bits per heavy atom. The van der Waals surface area contributed by atoms with Crippen molar-refractivity contribution in [1.29, 1.82) is 0 Å². The van der Waals surface area contributed by atoms with E-state index in [4.69, 9.17) is 10.5 Å². The van der Waals surface area contributed by atoms with E-state index >= 15 is 0 Å². The molecule has 0 radical (unpaired) electrons. The fraction of sp³-hybridized carbons (Fsp3) is 0.316. The third-order valence-corrected chi connectivity index (χ3v) is 6.49. The monoisotopic (exact) mass is 389 g/mol. The number of nitrogen functional groups attached to an aromatic ring is 1. The van der Waals surface area contributed by atoms with Crippen LogP contribution < -0.4 is 11.1 Å². The summed E-state index contributed by atoms with van der Waals surface area (Å²) in [5.41, 5.74) is 7.73. The molecule has 1 fully saturated rings. The number of nitrogens with zero attached hydrogens (tertiary/aromatic N) is 1. The molecule has 0 bridgehead atoms. The smallest absolute Gasteiger partial charge is 0.255 e. The highest BCUT2D eigenvalue weighted by Crippen LogP contribution is 2.24. The summed E-state index contributed by atoms with van der Waals surface area (Å²) >= 11 is 0. The third-order valence-electron chi connectivity index (χ3n) is 4.51. The number of hydrogen-bond acceptors (Lipinski definition) is 5. The van der Waals surface area contributed by atoms with Crippen LogP contribution in [-0.2, 0) is 21.2 Å². The zero-order valence-electron chi connectivity index (χ0n) is 15.1. The fourth-order valence-corrected chi connectivity index (χ4v) is 4.69. The van der Waals surface area contributed by atoms with Gasteiger partial charge in [0.2, 0.25) is 10.0 Å². The molecular weight excluding hydrogens is 366 g/mol. The number of nitrogens with two attached hydrogens (primary N) is 1. The Morgan fingerprint density at radius 3 is 2.56 bits per heavy atom. The summed E-state index contributed by atoms with van der Waals surface area (Å²) in [6.45, 7) is 3.24. The van der Waals surface area contributed by atoms with Gasteiger partial charge in [0, 0.05) is 18.7 Å². The van der Waals surface area contributed by atoms with Gasteiger partial charge in [-0.2, -0.15) is 4.31 Å². The molecule has 2 aromatic carbocycles. The average Bonchev–Trinajstić information content (AvgIpc) is 2.69. The summed E-state index contributed by atoms with van der Waals surface area (Å²) < 4.78 is 32.8. The van der Waals surface area contributed by atoms with Gasteiger partial charge >= 0.3 is 0 Å². The van der Waals surface area contributed by atoms with Crippen molar-refractivity contribution in [2.45, 2.75) is 18.2 Å². The summed E-state index contributed by atoms with van der Waals surface area (Å²) in [5, 5.41) is 2.73. The Morgan fingerprint density at radius 2 is 1.89 bits per heavy atom. The summed E-state index contributed by atoms with van der Waals surface area (Å²) in [5.74, 6) is -0.408. The Kier molecular flexibility index (Phi) is 5.79. The van der Waals surface area contributed by atoms with Gasteiger partial charge in [-0.1, -0.05) is 25.1 Å². The highest BCUT2D eigenvalue weighted by molar-refractivity contribution is 7.89. The first-order chi connectivity index (χ1) is 12.9. The van der Waals surface area contributed by atoms with Crippen molar-refractivity contribution in [1.82, 2.24) is 4.31 Å². The van der Waals surface area contributed by atoms with Gasteiger partial charge in [0.25, 0.3) is 5.91 Å². The van der Waals surface area contributed by atoms with E-state index in [9.17, 15) is 13.2 Å². The van der Waals surface area contributed by atoms with Crippen LogP contribution in [-0.4, -0.2) is 44.9 Å². The maximum atomic E-state index is 13.1. The maximum absolute atomic E-state index is 13.1. The molecule has 2 aromatic rings. The van der Waals surface area contributed by atoms with Crippen molar-refractivity contribution in [2.75, 3.05) is 37.4 Å². The molecule has 3 rings (SSSR count). The van der Waals surface area contributed by atoms with Crippen molar-refractivity contribution >= 4 is 27.3 Å². The topological polar surface area (TPSA) is 102 Å². The predicted octanol–water partition coefficient (Wildman–Crippen LogP) is 2.10.